The molecule has 136 valence electrons. The zero-order valence-electron chi connectivity index (χ0n) is 15.1. The molecule has 0 rings (SSSR count). The van der Waals surface area contributed by atoms with E-state index >= 15 is 0 Å². The van der Waals surface area contributed by atoms with E-state index in [1.807, 2.05) is 0 Å². The Labute approximate surface area is 136 Å². The Morgan fingerprint density at radius 3 is 1.09 bits per heavy atom. The smallest absolute Gasteiger partial charge is 0.291 e. The van der Waals surface area contributed by atoms with Gasteiger partial charge in [-0.25, -0.2) is 0 Å². The maximum Gasteiger partial charge on any atom is 0.291 e. The lowest BCUT2D eigenvalue weighted by Gasteiger charge is -2.39. The first-order valence-corrected chi connectivity index (χ1v) is 8.66. The van der Waals surface area contributed by atoms with E-state index in [0.29, 0.717) is 0 Å². The molecule has 0 heterocycles. The van der Waals surface area contributed by atoms with Crippen LogP contribution in [-0.2, 0) is 0 Å². The topological polar surface area (TPSA) is 94.9 Å². The first-order chi connectivity index (χ1) is 9.97. The van der Waals surface area contributed by atoms with Crippen molar-refractivity contribution in [3.05, 3.63) is 10.1 Å². The molecule has 0 spiro atoms. The quantitative estimate of drug-likeness (QED) is 0.336. The summed E-state index contributed by atoms with van der Waals surface area (Å²) < 4.78 is 1.42. The molecule has 0 atom stereocenters. The zero-order chi connectivity index (χ0) is 16.6. The predicted octanol–water partition coefficient (Wildman–Crippen LogP) is 3.83. The molecule has 0 aliphatic carbocycles. The van der Waals surface area contributed by atoms with Gasteiger partial charge in [-0.1, -0.05) is 53.4 Å². The molecule has 0 saturated carbocycles. The van der Waals surface area contributed by atoms with Crippen molar-refractivity contribution >= 4 is 0 Å². The molecule has 0 aromatic heterocycles. The van der Waals surface area contributed by atoms with Gasteiger partial charge in [0.25, 0.3) is 5.09 Å². The standard InChI is InChI=1S/C16H36N.HNO3.H2O/c1-5-9-13-17(14-10-6-2,15-11-7-3)16-12-8-4;2-1(3)4;/h5-16H2,1-4H3;(H,2,3,4);1H2/q+1;;. The summed E-state index contributed by atoms with van der Waals surface area (Å²) in [7, 11) is 0. The predicted molar refractivity (Wildman–Crippen MR) is 91.8 cm³/mol. The van der Waals surface area contributed by atoms with Gasteiger partial charge >= 0.3 is 0 Å². The Bertz CT molecular complexity index is 197. The van der Waals surface area contributed by atoms with Crippen molar-refractivity contribution in [1.29, 1.82) is 0 Å². The van der Waals surface area contributed by atoms with E-state index in [4.69, 9.17) is 15.3 Å². The van der Waals surface area contributed by atoms with Crippen molar-refractivity contribution in [1.82, 2.24) is 0 Å². The molecule has 6 nitrogen and oxygen atoms in total. The van der Waals surface area contributed by atoms with Crippen molar-refractivity contribution in [3.8, 4) is 0 Å². The Balaban J connectivity index is -0.000000640. The van der Waals surface area contributed by atoms with Crippen molar-refractivity contribution in [3.63, 3.8) is 0 Å². The minimum atomic E-state index is -1.50. The molecule has 0 amide bonds. The molecule has 0 aliphatic heterocycles. The minimum Gasteiger partial charge on any atom is -0.412 e. The van der Waals surface area contributed by atoms with E-state index in [1.165, 1.54) is 82.0 Å². The normalized spacial score (nSPS) is 10.4. The van der Waals surface area contributed by atoms with E-state index in [-0.39, 0.29) is 5.48 Å². The van der Waals surface area contributed by atoms with Crippen LogP contribution in [0, 0.1) is 10.1 Å². The van der Waals surface area contributed by atoms with Crippen LogP contribution >= 0.6 is 0 Å². The zero-order valence-corrected chi connectivity index (χ0v) is 15.1. The third kappa shape index (κ3) is 17.2. The van der Waals surface area contributed by atoms with Gasteiger partial charge in [0.2, 0.25) is 0 Å². The molecule has 0 fully saturated rings. The van der Waals surface area contributed by atoms with Crippen LogP contribution in [0.4, 0.5) is 0 Å². The average molecular weight is 323 g/mol. The molecule has 0 saturated heterocycles. The van der Waals surface area contributed by atoms with Crippen LogP contribution in [0.5, 0.6) is 0 Å². The van der Waals surface area contributed by atoms with Gasteiger partial charge in [-0.2, -0.15) is 0 Å². The molecule has 22 heavy (non-hydrogen) atoms. The summed E-state index contributed by atoms with van der Waals surface area (Å²) in [5.74, 6) is 0. The highest BCUT2D eigenvalue weighted by molar-refractivity contribution is 4.49. The van der Waals surface area contributed by atoms with Crippen LogP contribution in [0.3, 0.4) is 0 Å². The fourth-order valence-electron chi connectivity index (χ4n) is 2.64. The first kappa shape index (κ1) is 26.0. The molecule has 0 aliphatic rings. The van der Waals surface area contributed by atoms with Crippen LogP contribution in [0.25, 0.3) is 0 Å². The van der Waals surface area contributed by atoms with Crippen LogP contribution in [-0.4, -0.2) is 46.4 Å². The van der Waals surface area contributed by atoms with Crippen LogP contribution in [0.1, 0.15) is 79.1 Å². The van der Waals surface area contributed by atoms with E-state index < -0.39 is 5.09 Å². The number of hydrogen-bond donors (Lipinski definition) is 1. The van der Waals surface area contributed by atoms with E-state index in [0.717, 1.165) is 0 Å². The van der Waals surface area contributed by atoms with Gasteiger partial charge in [0.05, 0.1) is 26.2 Å². The number of quaternary nitrogens is 1. The number of rotatable bonds is 12. The van der Waals surface area contributed by atoms with Gasteiger partial charge in [-0.3, -0.25) is 0 Å². The highest BCUT2D eigenvalue weighted by Gasteiger charge is 2.24. The van der Waals surface area contributed by atoms with E-state index in [1.54, 1.807) is 0 Å². The molecular formula is C16H39N2O4+. The first-order valence-electron chi connectivity index (χ1n) is 8.66. The maximum atomic E-state index is 8.36. The molecule has 0 unspecified atom stereocenters. The second kappa shape index (κ2) is 18.2. The van der Waals surface area contributed by atoms with Gasteiger partial charge in [0.15, 0.2) is 0 Å². The average Bonchev–Trinajstić information content (AvgIpc) is 2.45. The highest BCUT2D eigenvalue weighted by Crippen LogP contribution is 2.16. The fraction of sp³-hybridized carbons (Fsp3) is 1.00. The monoisotopic (exact) mass is 323 g/mol. The SMILES string of the molecule is CCCC[N+](CCCC)(CCCC)CCCC.O.O=[N+]([O-])O. The Kier molecular flexibility index (Phi) is 21.5. The summed E-state index contributed by atoms with van der Waals surface area (Å²) in [5.41, 5.74) is 0. The number of unbranched alkanes of at least 4 members (excludes halogenated alkanes) is 4. The minimum absolute atomic E-state index is 0. The van der Waals surface area contributed by atoms with Gasteiger partial charge in [-0.15, -0.1) is 10.1 Å². The Morgan fingerprint density at radius 1 is 0.773 bits per heavy atom. The highest BCUT2D eigenvalue weighted by atomic mass is 16.9. The largest absolute Gasteiger partial charge is 0.412 e. The van der Waals surface area contributed by atoms with E-state index in [9.17, 15) is 0 Å². The van der Waals surface area contributed by atoms with Crippen LogP contribution in [0.2, 0.25) is 0 Å². The number of nitrogens with zero attached hydrogens (tertiary/aromatic N) is 2. The van der Waals surface area contributed by atoms with Crippen LogP contribution < -0.4 is 0 Å². The van der Waals surface area contributed by atoms with Crippen molar-refractivity contribution < 1.29 is 20.3 Å². The maximum absolute atomic E-state index is 8.36. The second-order valence-electron chi connectivity index (χ2n) is 5.89. The lowest BCUT2D eigenvalue weighted by atomic mass is 10.1. The summed E-state index contributed by atoms with van der Waals surface area (Å²) in [6.07, 6.45) is 11.1. The summed E-state index contributed by atoms with van der Waals surface area (Å²) >= 11 is 0. The lowest BCUT2D eigenvalue weighted by molar-refractivity contribution is -0.929. The molecule has 6 heteroatoms. The Hall–Kier alpha value is -0.880. The van der Waals surface area contributed by atoms with Gasteiger partial charge in [-0.05, 0) is 25.7 Å². The van der Waals surface area contributed by atoms with Crippen molar-refractivity contribution in [2.45, 2.75) is 79.1 Å². The molecule has 0 aromatic carbocycles. The summed E-state index contributed by atoms with van der Waals surface area (Å²) in [4.78, 5) is 8.36. The molecule has 3 N–H and O–H groups in total. The van der Waals surface area contributed by atoms with E-state index in [2.05, 4.69) is 27.7 Å². The molecule has 0 aromatic rings. The molecule has 0 bridgehead atoms. The van der Waals surface area contributed by atoms with Crippen molar-refractivity contribution in [2.75, 3.05) is 26.2 Å². The van der Waals surface area contributed by atoms with Gasteiger partial charge < -0.3 is 15.2 Å². The molecule has 0 radical (unpaired) electrons. The third-order valence-corrected chi connectivity index (χ3v) is 3.94. The summed E-state index contributed by atoms with van der Waals surface area (Å²) in [6.45, 7) is 15.0. The second-order valence-corrected chi connectivity index (χ2v) is 5.89. The third-order valence-electron chi connectivity index (χ3n) is 3.94. The van der Waals surface area contributed by atoms with Gasteiger partial charge in [0, 0.05) is 0 Å². The number of hydrogen-bond acceptors (Lipinski definition) is 2. The van der Waals surface area contributed by atoms with Crippen LogP contribution in [0.15, 0.2) is 0 Å². The summed E-state index contributed by atoms with van der Waals surface area (Å²) in [5, 5.41) is 13.6. The lowest BCUT2D eigenvalue weighted by Crippen LogP contribution is -2.50. The molecular weight excluding hydrogens is 284 g/mol. The fourth-order valence-corrected chi connectivity index (χ4v) is 2.64. The summed E-state index contributed by atoms with van der Waals surface area (Å²) in [6, 6.07) is 0. The van der Waals surface area contributed by atoms with Gasteiger partial charge in [0.1, 0.15) is 0 Å². The van der Waals surface area contributed by atoms with Crippen molar-refractivity contribution in [2.24, 2.45) is 0 Å². The Morgan fingerprint density at radius 2 is 0.955 bits per heavy atom.